The van der Waals surface area contributed by atoms with E-state index in [0.717, 1.165) is 25.4 Å². The van der Waals surface area contributed by atoms with E-state index in [1.807, 2.05) is 12.1 Å². The summed E-state index contributed by atoms with van der Waals surface area (Å²) in [4.78, 5) is 2.42. The zero-order valence-electron chi connectivity index (χ0n) is 9.48. The van der Waals surface area contributed by atoms with Gasteiger partial charge in [-0.1, -0.05) is 0 Å². The monoisotopic (exact) mass is 218 g/mol. The highest BCUT2D eigenvalue weighted by Crippen LogP contribution is 2.37. The van der Waals surface area contributed by atoms with Crippen LogP contribution in [0.5, 0.6) is 0 Å². The molecule has 3 rings (SSSR count). The third-order valence-corrected chi connectivity index (χ3v) is 3.76. The van der Waals surface area contributed by atoms with Crippen molar-refractivity contribution in [2.45, 2.75) is 24.9 Å². The molecule has 0 radical (unpaired) electrons. The predicted molar refractivity (Wildman–Crippen MR) is 65.6 cm³/mol. The summed E-state index contributed by atoms with van der Waals surface area (Å²) < 4.78 is 5.77. The molecule has 2 aliphatic rings. The summed E-state index contributed by atoms with van der Waals surface area (Å²) in [7, 11) is 0. The Kier molecular flexibility index (Phi) is 2.28. The Labute approximate surface area is 96.2 Å². The van der Waals surface area contributed by atoms with Gasteiger partial charge in [-0.2, -0.15) is 0 Å². The zero-order chi connectivity index (χ0) is 11.0. The van der Waals surface area contributed by atoms with Gasteiger partial charge in [0.15, 0.2) is 0 Å². The molecule has 1 aromatic carbocycles. The fourth-order valence-electron chi connectivity index (χ4n) is 2.72. The average molecular weight is 218 g/mol. The summed E-state index contributed by atoms with van der Waals surface area (Å²) in [5.41, 5.74) is 7.97. The molecule has 0 saturated carbocycles. The first-order chi connectivity index (χ1) is 7.77. The molecule has 2 heterocycles. The van der Waals surface area contributed by atoms with Crippen molar-refractivity contribution in [3.05, 3.63) is 24.3 Å². The van der Waals surface area contributed by atoms with Crippen molar-refractivity contribution >= 4 is 11.4 Å². The lowest BCUT2D eigenvalue weighted by Gasteiger charge is -2.49. The quantitative estimate of drug-likeness (QED) is 0.733. The van der Waals surface area contributed by atoms with Gasteiger partial charge < -0.3 is 15.4 Å². The van der Waals surface area contributed by atoms with Crippen LogP contribution in [0.3, 0.4) is 0 Å². The zero-order valence-corrected chi connectivity index (χ0v) is 9.48. The Bertz CT molecular complexity index is 370. The van der Waals surface area contributed by atoms with Gasteiger partial charge in [-0.05, 0) is 37.1 Å². The van der Waals surface area contributed by atoms with E-state index in [9.17, 15) is 0 Å². The molecule has 1 atom stereocenters. The number of benzene rings is 1. The Morgan fingerprint density at radius 2 is 1.94 bits per heavy atom. The van der Waals surface area contributed by atoms with Gasteiger partial charge in [0.05, 0.1) is 12.2 Å². The van der Waals surface area contributed by atoms with E-state index < -0.39 is 0 Å². The fraction of sp³-hybridized carbons (Fsp3) is 0.538. The summed E-state index contributed by atoms with van der Waals surface area (Å²) in [6.45, 7) is 3.11. The van der Waals surface area contributed by atoms with Gasteiger partial charge in [0, 0.05) is 30.9 Å². The fourth-order valence-corrected chi connectivity index (χ4v) is 2.72. The highest BCUT2D eigenvalue weighted by molar-refractivity contribution is 5.53. The van der Waals surface area contributed by atoms with Crippen LogP contribution in [0.2, 0.25) is 0 Å². The van der Waals surface area contributed by atoms with Crippen LogP contribution in [-0.2, 0) is 4.74 Å². The third-order valence-electron chi connectivity index (χ3n) is 3.76. The molecule has 0 amide bonds. The molecular weight excluding hydrogens is 200 g/mol. The van der Waals surface area contributed by atoms with Gasteiger partial charge in [-0.25, -0.2) is 0 Å². The number of anilines is 2. The van der Waals surface area contributed by atoms with Crippen molar-refractivity contribution in [2.24, 2.45) is 0 Å². The topological polar surface area (TPSA) is 38.5 Å². The molecule has 16 heavy (non-hydrogen) atoms. The van der Waals surface area contributed by atoms with Crippen molar-refractivity contribution in [3.8, 4) is 0 Å². The Morgan fingerprint density at radius 1 is 1.19 bits per heavy atom. The molecule has 0 unspecified atom stereocenters. The largest absolute Gasteiger partial charge is 0.399 e. The summed E-state index contributed by atoms with van der Waals surface area (Å²) in [5, 5.41) is 0. The lowest BCUT2D eigenvalue weighted by molar-refractivity contribution is -0.150. The maximum absolute atomic E-state index is 5.77. The van der Waals surface area contributed by atoms with E-state index in [1.165, 1.54) is 24.9 Å². The van der Waals surface area contributed by atoms with E-state index in [2.05, 4.69) is 17.0 Å². The number of piperidine rings is 1. The van der Waals surface area contributed by atoms with Crippen molar-refractivity contribution in [2.75, 3.05) is 30.3 Å². The SMILES string of the molecule is Nc1ccc(N2CCC[C@@]3(CCO3)C2)cc1. The van der Waals surface area contributed by atoms with E-state index >= 15 is 0 Å². The molecule has 86 valence electrons. The number of nitrogens with zero attached hydrogens (tertiary/aromatic N) is 1. The first-order valence-corrected chi connectivity index (χ1v) is 6.02. The molecule has 3 heteroatoms. The molecule has 0 bridgehead atoms. The molecule has 2 fully saturated rings. The molecule has 1 aromatic rings. The van der Waals surface area contributed by atoms with E-state index in [0.29, 0.717) is 0 Å². The van der Waals surface area contributed by atoms with Crippen LogP contribution in [-0.4, -0.2) is 25.3 Å². The maximum atomic E-state index is 5.77. The van der Waals surface area contributed by atoms with Crippen LogP contribution in [0.25, 0.3) is 0 Å². The molecular formula is C13H18N2O. The minimum atomic E-state index is 0.166. The van der Waals surface area contributed by atoms with Crippen LogP contribution in [0, 0.1) is 0 Å². The number of nitrogens with two attached hydrogens (primary N) is 1. The highest BCUT2D eigenvalue weighted by atomic mass is 16.5. The average Bonchev–Trinajstić information content (AvgIpc) is 2.28. The van der Waals surface area contributed by atoms with E-state index in [4.69, 9.17) is 10.5 Å². The molecule has 1 spiro atoms. The second-order valence-corrected chi connectivity index (χ2v) is 4.90. The van der Waals surface area contributed by atoms with Crippen LogP contribution >= 0.6 is 0 Å². The standard InChI is InChI=1S/C13H18N2O/c14-11-2-4-12(5-3-11)15-8-1-6-13(10-15)7-9-16-13/h2-5H,1,6-10,14H2/t13-/m1/s1. The van der Waals surface area contributed by atoms with Crippen LogP contribution < -0.4 is 10.6 Å². The Balaban J connectivity index is 1.76. The molecule has 0 aromatic heterocycles. The summed E-state index contributed by atoms with van der Waals surface area (Å²) in [5.74, 6) is 0. The highest BCUT2D eigenvalue weighted by Gasteiger charge is 2.41. The van der Waals surface area contributed by atoms with Crippen LogP contribution in [0.4, 0.5) is 11.4 Å². The molecule has 2 aliphatic heterocycles. The first kappa shape index (κ1) is 9.97. The number of nitrogen functional groups attached to an aromatic ring is 1. The summed E-state index contributed by atoms with van der Waals surface area (Å²) >= 11 is 0. The Hall–Kier alpha value is -1.22. The number of ether oxygens (including phenoxy) is 1. The first-order valence-electron chi connectivity index (χ1n) is 6.02. The molecule has 2 saturated heterocycles. The minimum absolute atomic E-state index is 0.166. The van der Waals surface area contributed by atoms with Gasteiger partial charge in [-0.3, -0.25) is 0 Å². The van der Waals surface area contributed by atoms with E-state index in [-0.39, 0.29) is 5.60 Å². The number of hydrogen-bond acceptors (Lipinski definition) is 3. The van der Waals surface area contributed by atoms with Gasteiger partial charge in [0.2, 0.25) is 0 Å². The van der Waals surface area contributed by atoms with E-state index in [1.54, 1.807) is 0 Å². The lowest BCUT2D eigenvalue weighted by atomic mass is 9.85. The predicted octanol–water partition coefficient (Wildman–Crippen LogP) is 2.03. The van der Waals surface area contributed by atoms with Crippen molar-refractivity contribution in [1.29, 1.82) is 0 Å². The van der Waals surface area contributed by atoms with Crippen LogP contribution in [0.15, 0.2) is 24.3 Å². The molecule has 0 aliphatic carbocycles. The van der Waals surface area contributed by atoms with Crippen molar-refractivity contribution in [3.63, 3.8) is 0 Å². The number of hydrogen-bond donors (Lipinski definition) is 1. The molecule has 3 nitrogen and oxygen atoms in total. The number of rotatable bonds is 1. The van der Waals surface area contributed by atoms with Crippen molar-refractivity contribution in [1.82, 2.24) is 0 Å². The minimum Gasteiger partial charge on any atom is -0.399 e. The van der Waals surface area contributed by atoms with Gasteiger partial charge in [-0.15, -0.1) is 0 Å². The van der Waals surface area contributed by atoms with Gasteiger partial charge >= 0.3 is 0 Å². The maximum Gasteiger partial charge on any atom is 0.0879 e. The van der Waals surface area contributed by atoms with Gasteiger partial charge in [0.25, 0.3) is 0 Å². The second kappa shape index (κ2) is 3.67. The van der Waals surface area contributed by atoms with Gasteiger partial charge in [0.1, 0.15) is 0 Å². The third kappa shape index (κ3) is 1.65. The van der Waals surface area contributed by atoms with Crippen LogP contribution in [0.1, 0.15) is 19.3 Å². The summed E-state index contributed by atoms with van der Waals surface area (Å²) in [6, 6.07) is 8.15. The smallest absolute Gasteiger partial charge is 0.0879 e. The Morgan fingerprint density at radius 3 is 2.56 bits per heavy atom. The van der Waals surface area contributed by atoms with Crippen molar-refractivity contribution < 1.29 is 4.74 Å². The normalized spacial score (nSPS) is 29.1. The second-order valence-electron chi connectivity index (χ2n) is 4.90. The molecule has 2 N–H and O–H groups in total. The summed E-state index contributed by atoms with van der Waals surface area (Å²) in [6.07, 6.45) is 3.67. The lowest BCUT2D eigenvalue weighted by Crippen LogP contribution is -2.56.